The summed E-state index contributed by atoms with van der Waals surface area (Å²) in [5, 5.41) is 11.1. The van der Waals surface area contributed by atoms with Gasteiger partial charge in [-0.25, -0.2) is 0 Å². The highest BCUT2D eigenvalue weighted by Gasteiger charge is 2.06. The lowest BCUT2D eigenvalue weighted by atomic mass is 10.1. The molecule has 1 N–H and O–H groups in total. The van der Waals surface area contributed by atoms with E-state index in [4.69, 9.17) is 0 Å². The number of carbonyl (C=O) groups is 2. The van der Waals surface area contributed by atoms with Crippen molar-refractivity contribution in [1.29, 1.82) is 0 Å². The molecular formula is C14H13N3O2S. The SMILES string of the molecule is CC(=O)c1cccc(NC(=O)CSc2cccnn2)c1. The number of carbonyl (C=O) groups excluding carboxylic acids is 2. The van der Waals surface area contributed by atoms with Gasteiger partial charge in [0, 0.05) is 17.4 Å². The van der Waals surface area contributed by atoms with Crippen LogP contribution in [0.1, 0.15) is 17.3 Å². The van der Waals surface area contributed by atoms with Crippen molar-refractivity contribution in [3.63, 3.8) is 0 Å². The zero-order chi connectivity index (χ0) is 14.4. The molecule has 1 aromatic heterocycles. The molecule has 20 heavy (non-hydrogen) atoms. The Morgan fingerprint density at radius 3 is 2.80 bits per heavy atom. The molecule has 1 heterocycles. The monoisotopic (exact) mass is 287 g/mol. The fraction of sp³-hybridized carbons (Fsp3) is 0.143. The van der Waals surface area contributed by atoms with Gasteiger partial charge in [0.1, 0.15) is 5.03 Å². The van der Waals surface area contributed by atoms with Gasteiger partial charge in [-0.2, -0.15) is 5.10 Å². The average Bonchev–Trinajstić information content (AvgIpc) is 2.46. The smallest absolute Gasteiger partial charge is 0.234 e. The largest absolute Gasteiger partial charge is 0.325 e. The molecule has 0 unspecified atom stereocenters. The van der Waals surface area contributed by atoms with Gasteiger partial charge < -0.3 is 5.32 Å². The fourth-order valence-electron chi connectivity index (χ4n) is 1.52. The maximum absolute atomic E-state index is 11.8. The highest BCUT2D eigenvalue weighted by atomic mass is 32.2. The minimum Gasteiger partial charge on any atom is -0.325 e. The number of hydrogen-bond donors (Lipinski definition) is 1. The third kappa shape index (κ3) is 4.17. The highest BCUT2D eigenvalue weighted by Crippen LogP contribution is 2.15. The minimum atomic E-state index is -0.152. The van der Waals surface area contributed by atoms with E-state index in [0.29, 0.717) is 16.3 Å². The van der Waals surface area contributed by atoms with Gasteiger partial charge in [-0.3, -0.25) is 9.59 Å². The van der Waals surface area contributed by atoms with Crippen LogP contribution in [0.4, 0.5) is 5.69 Å². The summed E-state index contributed by atoms with van der Waals surface area (Å²) in [5.41, 5.74) is 1.19. The molecule has 0 aliphatic heterocycles. The van der Waals surface area contributed by atoms with Crippen LogP contribution in [0.15, 0.2) is 47.6 Å². The number of Topliss-reactive ketones (excluding diaryl/α,β-unsaturated/α-hetero) is 1. The Labute approximate surface area is 120 Å². The van der Waals surface area contributed by atoms with Gasteiger partial charge >= 0.3 is 0 Å². The van der Waals surface area contributed by atoms with E-state index < -0.39 is 0 Å². The predicted octanol–water partition coefficient (Wildman–Crippen LogP) is 2.41. The molecule has 0 saturated carbocycles. The molecule has 0 bridgehead atoms. The van der Waals surface area contributed by atoms with Crippen LogP contribution >= 0.6 is 11.8 Å². The van der Waals surface area contributed by atoms with Crippen LogP contribution in [-0.4, -0.2) is 27.6 Å². The van der Waals surface area contributed by atoms with Crippen LogP contribution in [0, 0.1) is 0 Å². The third-order valence-corrected chi connectivity index (χ3v) is 3.37. The Bertz CT molecular complexity index is 617. The van der Waals surface area contributed by atoms with E-state index in [1.165, 1.54) is 18.7 Å². The molecule has 102 valence electrons. The van der Waals surface area contributed by atoms with Gasteiger partial charge in [0.15, 0.2) is 5.78 Å². The van der Waals surface area contributed by atoms with Gasteiger partial charge in [0.2, 0.25) is 5.91 Å². The standard InChI is InChI=1S/C14H13N3O2S/c1-10(18)11-4-2-5-12(8-11)16-13(19)9-20-14-6-3-7-15-17-14/h2-8H,9H2,1H3,(H,16,19). The number of rotatable bonds is 5. The van der Waals surface area contributed by atoms with Gasteiger partial charge in [-0.1, -0.05) is 23.9 Å². The van der Waals surface area contributed by atoms with E-state index in [1.807, 2.05) is 0 Å². The molecule has 0 aliphatic rings. The van der Waals surface area contributed by atoms with Crippen molar-refractivity contribution < 1.29 is 9.59 Å². The predicted molar refractivity (Wildman–Crippen MR) is 77.8 cm³/mol. The summed E-state index contributed by atoms with van der Waals surface area (Å²) < 4.78 is 0. The second-order valence-electron chi connectivity index (χ2n) is 4.04. The quantitative estimate of drug-likeness (QED) is 0.675. The summed E-state index contributed by atoms with van der Waals surface area (Å²) in [6.45, 7) is 1.49. The second kappa shape index (κ2) is 6.81. The molecule has 1 amide bonds. The number of thioether (sulfide) groups is 1. The molecular weight excluding hydrogens is 274 g/mol. The zero-order valence-corrected chi connectivity index (χ0v) is 11.7. The van der Waals surface area contributed by atoms with Gasteiger partial charge in [0.05, 0.1) is 5.75 Å². The zero-order valence-electron chi connectivity index (χ0n) is 10.9. The van der Waals surface area contributed by atoms with Crippen molar-refractivity contribution >= 4 is 29.1 Å². The molecule has 0 fully saturated rings. The van der Waals surface area contributed by atoms with Crippen LogP contribution in [0.3, 0.4) is 0 Å². The first-order chi connectivity index (χ1) is 9.65. The Kier molecular flexibility index (Phi) is 4.84. The molecule has 1 aromatic carbocycles. The number of ketones is 1. The minimum absolute atomic E-state index is 0.0324. The van der Waals surface area contributed by atoms with Crippen LogP contribution in [0.25, 0.3) is 0 Å². The van der Waals surface area contributed by atoms with Crippen molar-refractivity contribution in [2.75, 3.05) is 11.1 Å². The van der Waals surface area contributed by atoms with Crippen LogP contribution < -0.4 is 5.32 Å². The first-order valence-electron chi connectivity index (χ1n) is 5.96. The molecule has 0 atom stereocenters. The van der Waals surface area contributed by atoms with Crippen LogP contribution in [-0.2, 0) is 4.79 Å². The number of amides is 1. The lowest BCUT2D eigenvalue weighted by Gasteiger charge is -2.05. The topological polar surface area (TPSA) is 72.0 Å². The normalized spacial score (nSPS) is 10.1. The summed E-state index contributed by atoms with van der Waals surface area (Å²) in [5.74, 6) is 0.0552. The van der Waals surface area contributed by atoms with Crippen molar-refractivity contribution in [2.24, 2.45) is 0 Å². The van der Waals surface area contributed by atoms with E-state index in [-0.39, 0.29) is 17.4 Å². The van der Waals surface area contributed by atoms with Gasteiger partial charge in [-0.15, -0.1) is 5.10 Å². The summed E-state index contributed by atoms with van der Waals surface area (Å²) in [7, 11) is 0. The molecule has 5 nitrogen and oxygen atoms in total. The average molecular weight is 287 g/mol. The number of benzene rings is 1. The van der Waals surface area contributed by atoms with Crippen LogP contribution in [0.5, 0.6) is 0 Å². The van der Waals surface area contributed by atoms with Gasteiger partial charge in [0.25, 0.3) is 0 Å². The second-order valence-corrected chi connectivity index (χ2v) is 5.03. The molecule has 2 aromatic rings. The number of hydrogen-bond acceptors (Lipinski definition) is 5. The Balaban J connectivity index is 1.91. The number of nitrogens with zero attached hydrogens (tertiary/aromatic N) is 2. The van der Waals surface area contributed by atoms with Crippen molar-refractivity contribution in [3.05, 3.63) is 48.2 Å². The van der Waals surface area contributed by atoms with E-state index in [9.17, 15) is 9.59 Å². The number of nitrogens with one attached hydrogen (secondary N) is 1. The molecule has 0 aliphatic carbocycles. The van der Waals surface area contributed by atoms with Crippen molar-refractivity contribution in [3.8, 4) is 0 Å². The third-order valence-electron chi connectivity index (χ3n) is 2.45. The molecule has 0 radical (unpaired) electrons. The maximum atomic E-state index is 11.8. The summed E-state index contributed by atoms with van der Waals surface area (Å²) >= 11 is 1.31. The van der Waals surface area contributed by atoms with Crippen LogP contribution in [0.2, 0.25) is 0 Å². The Morgan fingerprint density at radius 2 is 2.10 bits per heavy atom. The van der Waals surface area contributed by atoms with E-state index in [1.54, 1.807) is 42.6 Å². The molecule has 2 rings (SSSR count). The van der Waals surface area contributed by atoms with E-state index >= 15 is 0 Å². The molecule has 0 saturated heterocycles. The summed E-state index contributed by atoms with van der Waals surface area (Å²) in [4.78, 5) is 23.1. The van der Waals surface area contributed by atoms with Crippen molar-refractivity contribution in [1.82, 2.24) is 10.2 Å². The fourth-order valence-corrected chi connectivity index (χ4v) is 2.15. The highest BCUT2D eigenvalue weighted by molar-refractivity contribution is 7.99. The van der Waals surface area contributed by atoms with Gasteiger partial charge in [-0.05, 0) is 31.2 Å². The number of anilines is 1. The molecule has 0 spiro atoms. The summed E-state index contributed by atoms with van der Waals surface area (Å²) in [6.07, 6.45) is 1.58. The summed E-state index contributed by atoms with van der Waals surface area (Å²) in [6, 6.07) is 10.4. The number of aromatic nitrogens is 2. The lowest BCUT2D eigenvalue weighted by Crippen LogP contribution is -2.14. The lowest BCUT2D eigenvalue weighted by molar-refractivity contribution is -0.113. The first kappa shape index (κ1) is 14.2. The Hall–Kier alpha value is -2.21. The first-order valence-corrected chi connectivity index (χ1v) is 6.95. The van der Waals surface area contributed by atoms with Crippen molar-refractivity contribution in [2.45, 2.75) is 11.9 Å². The molecule has 6 heteroatoms. The Morgan fingerprint density at radius 1 is 1.25 bits per heavy atom. The van der Waals surface area contributed by atoms with E-state index in [2.05, 4.69) is 15.5 Å². The maximum Gasteiger partial charge on any atom is 0.234 e. The van der Waals surface area contributed by atoms with E-state index in [0.717, 1.165) is 0 Å².